The Morgan fingerprint density at radius 3 is 2.74 bits per heavy atom. The molecule has 9 heteroatoms. The van der Waals surface area contributed by atoms with Crippen LogP contribution >= 0.6 is 0 Å². The van der Waals surface area contributed by atoms with Gasteiger partial charge in [-0.15, -0.1) is 0 Å². The molecule has 3 fully saturated rings. The topological polar surface area (TPSA) is 108 Å². The number of ether oxygens (including phenoxy) is 2. The van der Waals surface area contributed by atoms with Gasteiger partial charge in [0.25, 0.3) is 0 Å². The summed E-state index contributed by atoms with van der Waals surface area (Å²) in [6, 6.07) is 10.2. The van der Waals surface area contributed by atoms with Gasteiger partial charge in [-0.05, 0) is 64.4 Å². The van der Waals surface area contributed by atoms with Crippen LogP contribution in [0, 0.1) is 16.7 Å². The van der Waals surface area contributed by atoms with Gasteiger partial charge < -0.3 is 30.4 Å². The molecule has 0 aromatic carbocycles. The van der Waals surface area contributed by atoms with Crippen molar-refractivity contribution in [2.24, 2.45) is 10.4 Å². The van der Waals surface area contributed by atoms with Crippen molar-refractivity contribution >= 4 is 23.6 Å². The van der Waals surface area contributed by atoms with Crippen LogP contribution in [-0.2, 0) is 16.0 Å². The average Bonchev–Trinajstić information content (AvgIpc) is 3.17. The molecule has 1 radical (unpaired) electrons. The van der Waals surface area contributed by atoms with Gasteiger partial charge in [-0.2, -0.15) is 0 Å². The maximum Gasteiger partial charge on any atom is 0.134 e. The van der Waals surface area contributed by atoms with E-state index in [-0.39, 0.29) is 18.2 Å². The molecule has 9 nitrogen and oxygen atoms in total. The highest BCUT2D eigenvalue weighted by molar-refractivity contribution is 6.22. The monoisotopic (exact) mass is 530 g/mol. The zero-order valence-electron chi connectivity index (χ0n) is 23.4. The third-order valence-corrected chi connectivity index (χ3v) is 8.39. The van der Waals surface area contributed by atoms with Crippen LogP contribution < -0.4 is 15.5 Å². The number of hydrogen-bond acceptors (Lipinski definition) is 8. The maximum absolute atomic E-state index is 8.44. The molecule has 0 saturated carbocycles. The van der Waals surface area contributed by atoms with Gasteiger partial charge in [0.15, 0.2) is 0 Å². The zero-order chi connectivity index (χ0) is 27.6. The van der Waals surface area contributed by atoms with E-state index in [2.05, 4.69) is 49.0 Å². The molecule has 3 aliphatic heterocycles. The zero-order valence-corrected chi connectivity index (χ0v) is 23.4. The van der Waals surface area contributed by atoms with Gasteiger partial charge in [-0.25, -0.2) is 9.98 Å². The number of aromatic nitrogens is 2. The van der Waals surface area contributed by atoms with Crippen LogP contribution in [0.15, 0.2) is 53.9 Å². The van der Waals surface area contributed by atoms with E-state index in [9.17, 15) is 0 Å². The summed E-state index contributed by atoms with van der Waals surface area (Å²) in [4.78, 5) is 16.9. The second-order valence-electron chi connectivity index (χ2n) is 10.9. The van der Waals surface area contributed by atoms with Gasteiger partial charge in [-0.3, -0.25) is 4.98 Å². The molecule has 0 spiro atoms. The number of amidine groups is 1. The van der Waals surface area contributed by atoms with Crippen LogP contribution in [0.4, 0.5) is 11.5 Å². The molecule has 4 atom stereocenters. The average molecular weight is 531 g/mol. The lowest BCUT2D eigenvalue weighted by atomic mass is 9.68. The number of rotatable bonds is 8. The van der Waals surface area contributed by atoms with Crippen LogP contribution in [0.1, 0.15) is 57.3 Å². The summed E-state index contributed by atoms with van der Waals surface area (Å²) in [7, 11) is 1.91. The molecule has 2 aromatic heterocycles. The maximum atomic E-state index is 8.44. The molecular weight excluding hydrogens is 490 g/mol. The van der Waals surface area contributed by atoms with Crippen molar-refractivity contribution in [1.82, 2.24) is 15.3 Å². The molecule has 3 N–H and O–H groups in total. The minimum Gasteiger partial charge on any atom is -0.381 e. The first-order valence-electron chi connectivity index (χ1n) is 13.9. The molecule has 2 aromatic rings. The van der Waals surface area contributed by atoms with E-state index in [1.807, 2.05) is 37.5 Å². The van der Waals surface area contributed by atoms with Crippen molar-refractivity contribution in [3.05, 3.63) is 66.2 Å². The van der Waals surface area contributed by atoms with E-state index in [1.165, 1.54) is 6.21 Å². The van der Waals surface area contributed by atoms with Crippen molar-refractivity contribution in [3.63, 3.8) is 0 Å². The lowest BCUT2D eigenvalue weighted by Crippen LogP contribution is -2.53. The Morgan fingerprint density at radius 1 is 1.26 bits per heavy atom. The first-order chi connectivity index (χ1) is 18.8. The Kier molecular flexibility index (Phi) is 8.11. The third kappa shape index (κ3) is 5.35. The fourth-order valence-corrected chi connectivity index (χ4v) is 6.19. The van der Waals surface area contributed by atoms with Crippen molar-refractivity contribution in [2.75, 3.05) is 30.5 Å². The second kappa shape index (κ2) is 11.5. The van der Waals surface area contributed by atoms with Crippen LogP contribution in [0.3, 0.4) is 0 Å². The van der Waals surface area contributed by atoms with Gasteiger partial charge in [0.1, 0.15) is 17.5 Å². The van der Waals surface area contributed by atoms with E-state index in [4.69, 9.17) is 29.8 Å². The Bertz CT molecular complexity index is 1210. The summed E-state index contributed by atoms with van der Waals surface area (Å²) in [6.45, 7) is 12.8. The molecule has 3 saturated heterocycles. The molecule has 0 amide bonds. The fraction of sp³-hybridized carbons (Fsp3) is 0.500. The minimum atomic E-state index is -0.430. The highest BCUT2D eigenvalue weighted by Gasteiger charge is 2.61. The molecule has 39 heavy (non-hydrogen) atoms. The minimum absolute atomic E-state index is 0.0390. The first kappa shape index (κ1) is 27.4. The van der Waals surface area contributed by atoms with Gasteiger partial charge in [0, 0.05) is 49.0 Å². The summed E-state index contributed by atoms with van der Waals surface area (Å²) in [5, 5.41) is 14.9. The number of pyridine rings is 2. The molecule has 5 heterocycles. The summed E-state index contributed by atoms with van der Waals surface area (Å²) in [5.41, 5.74) is 2.43. The molecule has 207 valence electrons. The number of fused-ring (bicyclic) bond motifs is 1. The Balaban J connectivity index is 1.47. The summed E-state index contributed by atoms with van der Waals surface area (Å²) >= 11 is 0. The highest BCUT2D eigenvalue weighted by Crippen LogP contribution is 2.53. The Morgan fingerprint density at radius 2 is 2.05 bits per heavy atom. The van der Waals surface area contributed by atoms with Gasteiger partial charge >= 0.3 is 0 Å². The number of aliphatic imine (C=N–C) groups is 1. The number of nitrogens with one attached hydrogen (secondary N) is 3. The lowest BCUT2D eigenvalue weighted by molar-refractivity contribution is -0.0987. The predicted octanol–water partition coefficient (Wildman–Crippen LogP) is 4.69. The van der Waals surface area contributed by atoms with Crippen molar-refractivity contribution in [1.29, 1.82) is 5.41 Å². The van der Waals surface area contributed by atoms with E-state index < -0.39 is 5.41 Å². The molecule has 2 unspecified atom stereocenters. The van der Waals surface area contributed by atoms with E-state index in [1.54, 1.807) is 0 Å². The lowest BCUT2D eigenvalue weighted by Gasteiger charge is -2.46. The second-order valence-corrected chi connectivity index (χ2v) is 10.9. The normalized spacial score (nSPS) is 28.9. The SMILES string of the molecule is C=C(/N=C1\[C](C=N)[C@@]2(C)C(C)OC(C)C[C@H]2N1c1cccc(CNC)n1)Nc1ccc(C2CCOCC2)nc1. The number of anilines is 2. The molecular formula is C30H40N7O2. The molecule has 3 aliphatic rings. The first-order valence-corrected chi connectivity index (χ1v) is 13.9. The Labute approximate surface area is 231 Å². The van der Waals surface area contributed by atoms with Crippen molar-refractivity contribution < 1.29 is 9.47 Å². The summed E-state index contributed by atoms with van der Waals surface area (Å²) in [5.74, 6) is 3.23. The standard InChI is InChI=1S/C30H40N7O2/c1-19-15-27-30(4,20(2)39-19)25(16-31)29(37(27)28-8-6-7-23(36-28)17-32-5)35-21(3)34-24-9-10-26(33-18-24)22-11-13-38-14-12-22/h6-10,16,18-20,22,27,31-32,34H,3,11-15,17H2,1-2,4-5H3/b31-16?,35-29+/t19?,20?,27-,30-/m1/s1. The fourth-order valence-electron chi connectivity index (χ4n) is 6.19. The molecule has 0 bridgehead atoms. The van der Waals surface area contributed by atoms with E-state index >= 15 is 0 Å². The smallest absolute Gasteiger partial charge is 0.134 e. The molecule has 5 rings (SSSR count). The predicted molar refractivity (Wildman–Crippen MR) is 155 cm³/mol. The summed E-state index contributed by atoms with van der Waals surface area (Å²) < 4.78 is 11.8. The molecule has 0 aliphatic carbocycles. The van der Waals surface area contributed by atoms with Crippen molar-refractivity contribution in [2.45, 2.75) is 70.7 Å². The van der Waals surface area contributed by atoms with Crippen LogP contribution in [0.5, 0.6) is 0 Å². The van der Waals surface area contributed by atoms with E-state index in [0.717, 1.165) is 61.3 Å². The van der Waals surface area contributed by atoms with Gasteiger partial charge in [0.05, 0.1) is 35.7 Å². The third-order valence-electron chi connectivity index (χ3n) is 8.39. The number of hydrogen-bond donors (Lipinski definition) is 3. The number of nitrogens with zero attached hydrogens (tertiary/aromatic N) is 4. The largest absolute Gasteiger partial charge is 0.381 e. The van der Waals surface area contributed by atoms with Crippen LogP contribution in [0.2, 0.25) is 0 Å². The van der Waals surface area contributed by atoms with Crippen molar-refractivity contribution in [3.8, 4) is 0 Å². The summed E-state index contributed by atoms with van der Waals surface area (Å²) in [6.07, 6.45) is 6.05. The van der Waals surface area contributed by atoms with Gasteiger partial charge in [-0.1, -0.05) is 19.6 Å². The van der Waals surface area contributed by atoms with Gasteiger partial charge in [0.2, 0.25) is 0 Å². The Hall–Kier alpha value is -3.14. The quantitative estimate of drug-likeness (QED) is 0.425. The van der Waals surface area contributed by atoms with Crippen LogP contribution in [-0.4, -0.2) is 60.5 Å². The van der Waals surface area contributed by atoms with Crippen LogP contribution in [0.25, 0.3) is 0 Å². The highest BCUT2D eigenvalue weighted by atomic mass is 16.5. The van der Waals surface area contributed by atoms with E-state index in [0.29, 0.717) is 24.1 Å².